The summed E-state index contributed by atoms with van der Waals surface area (Å²) in [5.74, 6) is -0.201. The van der Waals surface area contributed by atoms with E-state index in [9.17, 15) is 14.4 Å². The molecule has 3 aromatic heterocycles. The number of rotatable bonds is 5. The lowest BCUT2D eigenvalue weighted by molar-refractivity contribution is -0.151. The summed E-state index contributed by atoms with van der Waals surface area (Å²) in [4.78, 5) is 40.3. The zero-order chi connectivity index (χ0) is 21.4. The first kappa shape index (κ1) is 20.2. The van der Waals surface area contributed by atoms with Gasteiger partial charge in [-0.05, 0) is 33.1 Å². The van der Waals surface area contributed by atoms with Gasteiger partial charge in [0.1, 0.15) is 17.4 Å². The molecule has 4 heterocycles. The number of fused-ring (bicyclic) bond motifs is 3. The minimum absolute atomic E-state index is 0.194. The van der Waals surface area contributed by atoms with Crippen molar-refractivity contribution in [2.45, 2.75) is 46.1 Å². The van der Waals surface area contributed by atoms with Gasteiger partial charge < -0.3 is 14.1 Å². The van der Waals surface area contributed by atoms with Crippen LogP contribution in [0.25, 0.3) is 16.6 Å². The first-order valence-corrected chi connectivity index (χ1v) is 10.4. The first-order valence-electron chi connectivity index (χ1n) is 10.4. The molecule has 1 aliphatic heterocycles. The van der Waals surface area contributed by atoms with Crippen LogP contribution in [0.4, 0.5) is 0 Å². The molecule has 1 saturated heterocycles. The standard InChI is InChI=1S/C21H26N4O5/c1-4-15(19(26)23-9-6-7-14(12-23)21(28)29-5-2)25-20(27)17-11-18-16(8-10-30-18)24(17)13(3)22-25/h8,10-11,14-15H,4-7,9,12H2,1-3H3/t14-,15-/m0/s1. The number of piperidine rings is 1. The monoisotopic (exact) mass is 414 g/mol. The molecule has 30 heavy (non-hydrogen) atoms. The molecule has 1 amide bonds. The van der Waals surface area contributed by atoms with Crippen molar-refractivity contribution in [1.82, 2.24) is 19.1 Å². The summed E-state index contributed by atoms with van der Waals surface area (Å²) in [7, 11) is 0. The Hall–Kier alpha value is -3.10. The molecule has 0 spiro atoms. The van der Waals surface area contributed by atoms with Crippen LogP contribution in [0.3, 0.4) is 0 Å². The molecule has 1 fully saturated rings. The minimum Gasteiger partial charge on any atom is -0.466 e. The molecule has 160 valence electrons. The van der Waals surface area contributed by atoms with Gasteiger partial charge in [0, 0.05) is 25.2 Å². The molecule has 2 atom stereocenters. The van der Waals surface area contributed by atoms with Gasteiger partial charge in [-0.15, -0.1) is 0 Å². The Bertz CT molecular complexity index is 1160. The van der Waals surface area contributed by atoms with Gasteiger partial charge in [-0.2, -0.15) is 5.10 Å². The third-order valence-electron chi connectivity index (χ3n) is 5.75. The highest BCUT2D eigenvalue weighted by Crippen LogP contribution is 2.24. The van der Waals surface area contributed by atoms with Crippen LogP contribution in [-0.2, 0) is 14.3 Å². The van der Waals surface area contributed by atoms with Crippen molar-refractivity contribution in [3.8, 4) is 0 Å². The van der Waals surface area contributed by atoms with Gasteiger partial charge in [0.15, 0.2) is 5.58 Å². The van der Waals surface area contributed by atoms with Crippen LogP contribution in [0.1, 0.15) is 45.0 Å². The highest BCUT2D eigenvalue weighted by molar-refractivity contribution is 5.84. The van der Waals surface area contributed by atoms with E-state index in [0.29, 0.717) is 49.5 Å². The molecule has 0 aromatic carbocycles. The average molecular weight is 414 g/mol. The number of esters is 1. The third kappa shape index (κ3) is 3.28. The van der Waals surface area contributed by atoms with E-state index in [0.717, 1.165) is 11.9 Å². The smallest absolute Gasteiger partial charge is 0.310 e. The summed E-state index contributed by atoms with van der Waals surface area (Å²) in [5.41, 5.74) is 1.45. The summed E-state index contributed by atoms with van der Waals surface area (Å²) in [6, 6.07) is 2.73. The first-order chi connectivity index (χ1) is 14.5. The van der Waals surface area contributed by atoms with E-state index in [1.165, 1.54) is 4.68 Å². The second kappa shape index (κ2) is 7.97. The van der Waals surface area contributed by atoms with Gasteiger partial charge in [0.05, 0.1) is 24.3 Å². The second-order valence-electron chi connectivity index (χ2n) is 7.63. The van der Waals surface area contributed by atoms with Gasteiger partial charge in [-0.1, -0.05) is 6.92 Å². The Morgan fingerprint density at radius 1 is 1.33 bits per heavy atom. The minimum atomic E-state index is -0.733. The van der Waals surface area contributed by atoms with Crippen LogP contribution in [0, 0.1) is 12.8 Å². The number of nitrogens with zero attached hydrogens (tertiary/aromatic N) is 4. The third-order valence-corrected chi connectivity index (χ3v) is 5.75. The van der Waals surface area contributed by atoms with Crippen LogP contribution in [0.15, 0.2) is 27.6 Å². The molecule has 9 nitrogen and oxygen atoms in total. The summed E-state index contributed by atoms with van der Waals surface area (Å²) in [6.07, 6.45) is 3.41. The van der Waals surface area contributed by atoms with Gasteiger partial charge >= 0.3 is 5.97 Å². The quantitative estimate of drug-likeness (QED) is 0.594. The topological polar surface area (TPSA) is 99.1 Å². The molecule has 9 heteroatoms. The molecular formula is C21H26N4O5. The van der Waals surface area contributed by atoms with Crippen molar-refractivity contribution < 1.29 is 18.7 Å². The molecule has 0 unspecified atom stereocenters. The van der Waals surface area contributed by atoms with Crippen molar-refractivity contribution in [3.63, 3.8) is 0 Å². The van der Waals surface area contributed by atoms with Gasteiger partial charge in [-0.3, -0.25) is 18.8 Å². The zero-order valence-electron chi connectivity index (χ0n) is 17.5. The Morgan fingerprint density at radius 2 is 2.13 bits per heavy atom. The molecule has 0 radical (unpaired) electrons. The van der Waals surface area contributed by atoms with Crippen LogP contribution in [-0.4, -0.2) is 50.7 Å². The average Bonchev–Trinajstić information content (AvgIpc) is 3.34. The number of furan rings is 1. The Morgan fingerprint density at radius 3 is 2.87 bits per heavy atom. The van der Waals surface area contributed by atoms with Crippen LogP contribution in [0.5, 0.6) is 0 Å². The van der Waals surface area contributed by atoms with Gasteiger partial charge in [0.2, 0.25) is 5.91 Å². The predicted octanol–water partition coefficient (Wildman–Crippen LogP) is 2.30. The number of hydrogen-bond donors (Lipinski definition) is 0. The Kier molecular flexibility index (Phi) is 5.36. The van der Waals surface area contributed by atoms with Crippen molar-refractivity contribution in [2.75, 3.05) is 19.7 Å². The summed E-state index contributed by atoms with van der Waals surface area (Å²) in [6.45, 7) is 6.60. The maximum atomic E-state index is 13.3. The number of carbonyl (C=O) groups is 2. The molecule has 0 saturated carbocycles. The van der Waals surface area contributed by atoms with Crippen molar-refractivity contribution >= 4 is 28.5 Å². The fraction of sp³-hybridized carbons (Fsp3) is 0.524. The summed E-state index contributed by atoms with van der Waals surface area (Å²) < 4.78 is 13.6. The van der Waals surface area contributed by atoms with E-state index in [1.807, 2.05) is 6.92 Å². The molecule has 3 aromatic rings. The lowest BCUT2D eigenvalue weighted by atomic mass is 9.97. The Balaban J connectivity index is 1.67. The number of carbonyl (C=O) groups excluding carboxylic acids is 2. The zero-order valence-corrected chi connectivity index (χ0v) is 17.5. The lowest BCUT2D eigenvalue weighted by Gasteiger charge is -2.34. The fourth-order valence-corrected chi connectivity index (χ4v) is 4.30. The molecule has 0 aliphatic carbocycles. The normalized spacial score (nSPS) is 18.1. The Labute approximate surface area is 173 Å². The van der Waals surface area contributed by atoms with E-state index >= 15 is 0 Å². The largest absolute Gasteiger partial charge is 0.466 e. The highest BCUT2D eigenvalue weighted by Gasteiger charge is 2.34. The van der Waals surface area contributed by atoms with Crippen molar-refractivity contribution in [2.24, 2.45) is 5.92 Å². The highest BCUT2D eigenvalue weighted by atomic mass is 16.5. The lowest BCUT2D eigenvalue weighted by Crippen LogP contribution is -2.47. The van der Waals surface area contributed by atoms with E-state index in [2.05, 4.69) is 5.10 Å². The summed E-state index contributed by atoms with van der Waals surface area (Å²) >= 11 is 0. The number of aromatic nitrogens is 3. The van der Waals surface area contributed by atoms with Crippen molar-refractivity contribution in [3.05, 3.63) is 34.6 Å². The van der Waals surface area contributed by atoms with Crippen LogP contribution in [0.2, 0.25) is 0 Å². The van der Waals surface area contributed by atoms with E-state index in [1.54, 1.807) is 41.5 Å². The molecule has 4 rings (SSSR count). The number of ether oxygens (including phenoxy) is 1. The predicted molar refractivity (Wildman–Crippen MR) is 109 cm³/mol. The number of likely N-dealkylation sites (tertiary alicyclic amines) is 1. The molecule has 1 aliphatic rings. The van der Waals surface area contributed by atoms with Crippen LogP contribution >= 0.6 is 0 Å². The van der Waals surface area contributed by atoms with Gasteiger partial charge in [-0.25, -0.2) is 4.68 Å². The maximum Gasteiger partial charge on any atom is 0.310 e. The second-order valence-corrected chi connectivity index (χ2v) is 7.63. The van der Waals surface area contributed by atoms with E-state index in [-0.39, 0.29) is 23.4 Å². The summed E-state index contributed by atoms with van der Waals surface area (Å²) in [5, 5.41) is 4.46. The SMILES string of the molecule is CCOC(=O)[C@H]1CCCN(C(=O)[C@H](CC)n2nc(C)n3c(cc4occc43)c2=O)C1. The molecule has 0 bridgehead atoms. The number of hydrogen-bond acceptors (Lipinski definition) is 6. The van der Waals surface area contributed by atoms with E-state index in [4.69, 9.17) is 9.15 Å². The molecular weight excluding hydrogens is 388 g/mol. The van der Waals surface area contributed by atoms with Crippen molar-refractivity contribution in [1.29, 1.82) is 0 Å². The fourth-order valence-electron chi connectivity index (χ4n) is 4.30. The van der Waals surface area contributed by atoms with Gasteiger partial charge in [0.25, 0.3) is 5.56 Å². The molecule has 0 N–H and O–H groups in total. The van der Waals surface area contributed by atoms with E-state index < -0.39 is 6.04 Å². The number of amides is 1. The number of aryl methyl sites for hydroxylation is 1. The maximum absolute atomic E-state index is 13.3. The van der Waals surface area contributed by atoms with Crippen LogP contribution < -0.4 is 5.56 Å².